The van der Waals surface area contributed by atoms with E-state index >= 15 is 0 Å². The lowest BCUT2D eigenvalue weighted by Gasteiger charge is -2.21. The molecule has 6 nitrogen and oxygen atoms in total. The van der Waals surface area contributed by atoms with Crippen LogP contribution in [0.3, 0.4) is 0 Å². The molecule has 10 heteroatoms. The molecular weight excluding hydrogens is 641 g/mol. The molecule has 0 saturated carbocycles. The average Bonchev–Trinajstić information content (AvgIpc) is 2.86. The van der Waals surface area contributed by atoms with Crippen molar-refractivity contribution in [1.82, 2.24) is 9.66 Å². The first-order valence-corrected chi connectivity index (χ1v) is 13.8. The molecular formula is C28H25Br2ClFN3O3. The van der Waals surface area contributed by atoms with Gasteiger partial charge in [0.15, 0.2) is 11.5 Å². The quantitative estimate of drug-likeness (QED) is 0.189. The number of aromatic nitrogens is 2. The van der Waals surface area contributed by atoms with Crippen LogP contribution in [-0.4, -0.2) is 22.5 Å². The van der Waals surface area contributed by atoms with Gasteiger partial charge in [-0.05, 0) is 53.2 Å². The molecule has 3 aromatic carbocycles. The molecule has 0 atom stereocenters. The summed E-state index contributed by atoms with van der Waals surface area (Å²) in [7, 11) is 0. The third kappa shape index (κ3) is 5.95. The molecule has 0 radical (unpaired) electrons. The topological polar surface area (TPSA) is 65.7 Å². The van der Waals surface area contributed by atoms with Crippen LogP contribution in [0.2, 0.25) is 5.02 Å². The normalized spacial score (nSPS) is 11.9. The molecule has 0 spiro atoms. The molecule has 38 heavy (non-hydrogen) atoms. The van der Waals surface area contributed by atoms with Gasteiger partial charge in [0.05, 0.1) is 23.7 Å². The smallest absolute Gasteiger partial charge is 0.282 e. The van der Waals surface area contributed by atoms with Gasteiger partial charge in [0.2, 0.25) is 0 Å². The minimum absolute atomic E-state index is 0.0327. The van der Waals surface area contributed by atoms with Gasteiger partial charge >= 0.3 is 0 Å². The fourth-order valence-corrected chi connectivity index (χ4v) is 4.74. The predicted octanol–water partition coefficient (Wildman–Crippen LogP) is 7.87. The van der Waals surface area contributed by atoms with Gasteiger partial charge in [0.25, 0.3) is 5.56 Å². The molecule has 0 saturated heterocycles. The maximum absolute atomic E-state index is 14.1. The van der Waals surface area contributed by atoms with Gasteiger partial charge in [0, 0.05) is 25.5 Å². The summed E-state index contributed by atoms with van der Waals surface area (Å²) >= 11 is 13.6. The van der Waals surface area contributed by atoms with Gasteiger partial charge in [0.1, 0.15) is 23.3 Å². The number of hydrogen-bond donors (Lipinski definition) is 0. The summed E-state index contributed by atoms with van der Waals surface area (Å²) in [5, 5.41) is 5.20. The van der Waals surface area contributed by atoms with Gasteiger partial charge in [-0.1, -0.05) is 66.5 Å². The molecule has 1 heterocycles. The van der Waals surface area contributed by atoms with E-state index in [0.29, 0.717) is 44.7 Å². The van der Waals surface area contributed by atoms with E-state index in [0.717, 1.165) is 4.47 Å². The van der Waals surface area contributed by atoms with Gasteiger partial charge in [-0.25, -0.2) is 9.37 Å². The van der Waals surface area contributed by atoms with Crippen molar-refractivity contribution in [3.8, 4) is 11.5 Å². The molecule has 0 amide bonds. The van der Waals surface area contributed by atoms with E-state index in [9.17, 15) is 9.18 Å². The Labute approximate surface area is 241 Å². The maximum atomic E-state index is 14.1. The summed E-state index contributed by atoms with van der Waals surface area (Å²) in [5.74, 6) is 0.763. The Bertz CT molecular complexity index is 1600. The fourth-order valence-electron chi connectivity index (χ4n) is 3.72. The van der Waals surface area contributed by atoms with Crippen molar-refractivity contribution >= 4 is 60.6 Å². The number of benzene rings is 3. The lowest BCUT2D eigenvalue weighted by Crippen LogP contribution is -2.29. The van der Waals surface area contributed by atoms with Crippen LogP contribution in [0.4, 0.5) is 4.39 Å². The van der Waals surface area contributed by atoms with Crippen molar-refractivity contribution in [2.75, 3.05) is 6.61 Å². The fraction of sp³-hybridized carbons (Fsp3) is 0.250. The Morgan fingerprint density at radius 2 is 1.87 bits per heavy atom. The second-order valence-electron chi connectivity index (χ2n) is 9.44. The molecule has 0 aliphatic carbocycles. The largest absolute Gasteiger partial charge is 0.490 e. The standard InChI is InChI=1S/C28H25Br2ClFN3O3/c1-5-37-22-12-17(23(30)24(31)25(22)38-15-16-8-6-7-9-20(16)32)14-33-35-26(36)19-13-18(29)10-11-21(19)34-27(35)28(2,3)4/h6-14H,5,15H2,1-4H3. The van der Waals surface area contributed by atoms with E-state index in [1.54, 1.807) is 36.4 Å². The SMILES string of the molecule is CCOc1cc(C=Nn2c(C(C)(C)C)nc3ccc(Br)cc3c2=O)c(Br)c(Cl)c1OCc1ccccc1F. The van der Waals surface area contributed by atoms with E-state index in [1.165, 1.54) is 17.0 Å². The second kappa shape index (κ2) is 11.6. The van der Waals surface area contributed by atoms with E-state index in [2.05, 4.69) is 37.0 Å². The number of nitrogens with zero attached hydrogens (tertiary/aromatic N) is 3. The van der Waals surface area contributed by atoms with Crippen LogP contribution in [-0.2, 0) is 12.0 Å². The van der Waals surface area contributed by atoms with Crippen LogP contribution in [0.1, 0.15) is 44.6 Å². The van der Waals surface area contributed by atoms with Crippen molar-refractivity contribution < 1.29 is 13.9 Å². The third-order valence-corrected chi connectivity index (χ3v) is 7.51. The van der Waals surface area contributed by atoms with E-state index in [-0.39, 0.29) is 28.8 Å². The number of halogens is 4. The predicted molar refractivity (Wildman–Crippen MR) is 156 cm³/mol. The number of hydrogen-bond acceptors (Lipinski definition) is 5. The van der Waals surface area contributed by atoms with Crippen molar-refractivity contribution in [3.05, 3.63) is 95.6 Å². The number of fused-ring (bicyclic) bond motifs is 1. The highest BCUT2D eigenvalue weighted by Crippen LogP contribution is 2.42. The average molecular weight is 666 g/mol. The lowest BCUT2D eigenvalue weighted by atomic mass is 9.95. The third-order valence-electron chi connectivity index (χ3n) is 5.58. The van der Waals surface area contributed by atoms with Gasteiger partial charge < -0.3 is 9.47 Å². The molecule has 0 unspecified atom stereocenters. The van der Waals surface area contributed by atoms with Crippen molar-refractivity contribution in [2.45, 2.75) is 39.7 Å². The highest BCUT2D eigenvalue weighted by atomic mass is 79.9. The van der Waals surface area contributed by atoms with E-state index < -0.39 is 5.41 Å². The highest BCUT2D eigenvalue weighted by Gasteiger charge is 2.23. The summed E-state index contributed by atoms with van der Waals surface area (Å²) in [4.78, 5) is 18.2. The molecule has 0 aliphatic rings. The molecule has 0 fully saturated rings. The van der Waals surface area contributed by atoms with Crippen LogP contribution in [0.25, 0.3) is 10.9 Å². The zero-order valence-corrected chi connectivity index (χ0v) is 25.1. The first-order valence-electron chi connectivity index (χ1n) is 11.8. The Morgan fingerprint density at radius 3 is 2.55 bits per heavy atom. The van der Waals surface area contributed by atoms with Crippen LogP contribution in [0.15, 0.2) is 67.4 Å². The van der Waals surface area contributed by atoms with Gasteiger partial charge in [-0.15, -0.1) is 0 Å². The maximum Gasteiger partial charge on any atom is 0.282 e. The van der Waals surface area contributed by atoms with Crippen LogP contribution in [0, 0.1) is 5.82 Å². The monoisotopic (exact) mass is 663 g/mol. The van der Waals surface area contributed by atoms with Crippen LogP contribution in [0.5, 0.6) is 11.5 Å². The highest BCUT2D eigenvalue weighted by molar-refractivity contribution is 9.10. The van der Waals surface area contributed by atoms with Crippen molar-refractivity contribution in [1.29, 1.82) is 0 Å². The molecule has 0 bridgehead atoms. The van der Waals surface area contributed by atoms with Gasteiger partial charge in [-0.3, -0.25) is 4.79 Å². The summed E-state index contributed by atoms with van der Waals surface area (Å²) in [6.07, 6.45) is 1.52. The Kier molecular flexibility index (Phi) is 8.59. The van der Waals surface area contributed by atoms with Gasteiger partial charge in [-0.2, -0.15) is 9.78 Å². The molecule has 4 aromatic rings. The van der Waals surface area contributed by atoms with E-state index in [1.807, 2.05) is 33.8 Å². The lowest BCUT2D eigenvalue weighted by molar-refractivity contribution is 0.266. The number of ether oxygens (including phenoxy) is 2. The molecule has 0 N–H and O–H groups in total. The van der Waals surface area contributed by atoms with E-state index in [4.69, 9.17) is 26.1 Å². The summed E-state index contributed by atoms with van der Waals surface area (Å²) in [6, 6.07) is 13.4. The zero-order chi connectivity index (χ0) is 27.6. The van der Waals surface area contributed by atoms with Crippen LogP contribution < -0.4 is 15.0 Å². The molecule has 0 aliphatic heterocycles. The summed E-state index contributed by atoms with van der Waals surface area (Å²) in [5.41, 5.74) is 0.770. The minimum atomic E-state index is -0.465. The first-order chi connectivity index (χ1) is 18.0. The van der Waals surface area contributed by atoms with Crippen molar-refractivity contribution in [2.24, 2.45) is 5.10 Å². The Hall–Kier alpha value is -2.75. The minimum Gasteiger partial charge on any atom is -0.490 e. The van der Waals surface area contributed by atoms with Crippen molar-refractivity contribution in [3.63, 3.8) is 0 Å². The summed E-state index contributed by atoms with van der Waals surface area (Å²) < 4.78 is 28.3. The number of rotatable bonds is 7. The Balaban J connectivity index is 1.79. The van der Waals surface area contributed by atoms with Crippen LogP contribution >= 0.6 is 43.5 Å². The second-order valence-corrected chi connectivity index (χ2v) is 11.5. The zero-order valence-electron chi connectivity index (χ0n) is 21.2. The molecule has 1 aromatic heterocycles. The summed E-state index contributed by atoms with van der Waals surface area (Å²) in [6.45, 7) is 8.04. The first kappa shape index (κ1) is 28.3. The molecule has 198 valence electrons. The Morgan fingerprint density at radius 1 is 1.13 bits per heavy atom. The molecule has 4 rings (SSSR count).